The van der Waals surface area contributed by atoms with Crippen LogP contribution >= 0.6 is 11.3 Å². The number of carbonyl (C=O) groups is 1. The van der Waals surface area contributed by atoms with Gasteiger partial charge in [0.25, 0.3) is 0 Å². The molecule has 1 aromatic rings. The molecule has 3 heterocycles. The molecule has 2 atom stereocenters. The molecule has 0 aromatic carbocycles. The lowest BCUT2D eigenvalue weighted by atomic mass is 10.0. The molecule has 5 nitrogen and oxygen atoms in total. The number of piperidine rings is 1. The van der Waals surface area contributed by atoms with Crippen LogP contribution in [0.1, 0.15) is 48.8 Å². The smallest absolute Gasteiger partial charge is 0.249 e. The summed E-state index contributed by atoms with van der Waals surface area (Å²) >= 11 is 1.66. The van der Waals surface area contributed by atoms with Gasteiger partial charge in [-0.1, -0.05) is 0 Å². The van der Waals surface area contributed by atoms with Gasteiger partial charge in [0.15, 0.2) is 0 Å². The molecule has 22 heavy (non-hydrogen) atoms. The van der Waals surface area contributed by atoms with E-state index < -0.39 is 0 Å². The van der Waals surface area contributed by atoms with Gasteiger partial charge in [0.05, 0.1) is 18.8 Å². The Morgan fingerprint density at radius 3 is 3.09 bits per heavy atom. The minimum Gasteiger partial charge on any atom is -0.376 e. The second-order valence-electron chi connectivity index (χ2n) is 6.08. The molecule has 1 amide bonds. The Kier molecular flexibility index (Phi) is 5.44. The van der Waals surface area contributed by atoms with Crippen LogP contribution in [-0.2, 0) is 14.3 Å². The number of hydrogen-bond donors (Lipinski definition) is 0. The Hall–Kier alpha value is -0.980. The van der Waals surface area contributed by atoms with Gasteiger partial charge in [-0.05, 0) is 39.0 Å². The molecule has 2 fully saturated rings. The van der Waals surface area contributed by atoms with Gasteiger partial charge >= 0.3 is 0 Å². The molecule has 0 bridgehead atoms. The average Bonchev–Trinajstić information content (AvgIpc) is 3.19. The number of rotatable bonds is 5. The second kappa shape index (κ2) is 7.53. The van der Waals surface area contributed by atoms with Crippen LogP contribution in [0.15, 0.2) is 5.38 Å². The highest BCUT2D eigenvalue weighted by Crippen LogP contribution is 2.32. The molecule has 2 unspecified atom stereocenters. The van der Waals surface area contributed by atoms with Crippen molar-refractivity contribution >= 4 is 17.2 Å². The Bertz CT molecular complexity index is 499. The Labute approximate surface area is 135 Å². The Morgan fingerprint density at radius 1 is 1.45 bits per heavy atom. The fourth-order valence-corrected chi connectivity index (χ4v) is 4.09. The van der Waals surface area contributed by atoms with Gasteiger partial charge in [-0.15, -0.1) is 11.3 Å². The molecule has 2 saturated heterocycles. The van der Waals surface area contributed by atoms with Gasteiger partial charge in [-0.3, -0.25) is 4.79 Å². The third-order valence-corrected chi connectivity index (χ3v) is 5.36. The predicted octanol–water partition coefficient (Wildman–Crippen LogP) is 2.70. The molecule has 0 aliphatic carbocycles. The van der Waals surface area contributed by atoms with Crippen LogP contribution in [0.4, 0.5) is 0 Å². The monoisotopic (exact) mass is 324 g/mol. The quantitative estimate of drug-likeness (QED) is 0.835. The van der Waals surface area contributed by atoms with E-state index in [1.165, 1.54) is 0 Å². The van der Waals surface area contributed by atoms with Crippen LogP contribution in [0, 0.1) is 6.92 Å². The van der Waals surface area contributed by atoms with Gasteiger partial charge in [-0.25, -0.2) is 4.98 Å². The minimum atomic E-state index is 0.0792. The van der Waals surface area contributed by atoms with Crippen molar-refractivity contribution in [1.29, 1.82) is 0 Å². The van der Waals surface area contributed by atoms with Crippen LogP contribution in [0.3, 0.4) is 0 Å². The fourth-order valence-electron chi connectivity index (χ4n) is 3.15. The number of carbonyl (C=O) groups excluding carboxylic acids is 1. The largest absolute Gasteiger partial charge is 0.376 e. The molecule has 1 aromatic heterocycles. The van der Waals surface area contributed by atoms with Crippen molar-refractivity contribution in [2.24, 2.45) is 0 Å². The van der Waals surface area contributed by atoms with Gasteiger partial charge in [0.2, 0.25) is 5.91 Å². The van der Waals surface area contributed by atoms with E-state index in [-0.39, 0.29) is 24.7 Å². The topological polar surface area (TPSA) is 51.7 Å². The summed E-state index contributed by atoms with van der Waals surface area (Å²) in [5, 5.41) is 3.12. The SMILES string of the molecule is Cc1csc(C2CCCCN2C(=O)COCC2CCCO2)n1. The first-order valence-corrected chi connectivity index (χ1v) is 9.03. The van der Waals surface area contributed by atoms with E-state index in [9.17, 15) is 4.79 Å². The van der Waals surface area contributed by atoms with Crippen molar-refractivity contribution in [1.82, 2.24) is 9.88 Å². The minimum absolute atomic E-state index is 0.0792. The van der Waals surface area contributed by atoms with E-state index in [4.69, 9.17) is 9.47 Å². The van der Waals surface area contributed by atoms with E-state index in [1.807, 2.05) is 11.8 Å². The molecular weight excluding hydrogens is 300 g/mol. The Morgan fingerprint density at radius 2 is 2.36 bits per heavy atom. The molecule has 122 valence electrons. The number of nitrogens with zero attached hydrogens (tertiary/aromatic N) is 2. The molecule has 0 N–H and O–H groups in total. The first-order chi connectivity index (χ1) is 10.7. The Balaban J connectivity index is 1.54. The van der Waals surface area contributed by atoms with Crippen molar-refractivity contribution < 1.29 is 14.3 Å². The molecule has 2 aliphatic rings. The zero-order valence-corrected chi connectivity index (χ0v) is 13.9. The average molecular weight is 324 g/mol. The molecule has 0 saturated carbocycles. The highest BCUT2D eigenvalue weighted by Gasteiger charge is 2.30. The van der Waals surface area contributed by atoms with Gasteiger partial charge < -0.3 is 14.4 Å². The van der Waals surface area contributed by atoms with Crippen molar-refractivity contribution in [2.75, 3.05) is 26.4 Å². The lowest BCUT2D eigenvalue weighted by Crippen LogP contribution is -2.40. The van der Waals surface area contributed by atoms with Gasteiger partial charge in [0.1, 0.15) is 11.6 Å². The molecular formula is C16H24N2O3S. The number of hydrogen-bond acceptors (Lipinski definition) is 5. The number of ether oxygens (including phenoxy) is 2. The number of likely N-dealkylation sites (tertiary alicyclic amines) is 1. The second-order valence-corrected chi connectivity index (χ2v) is 6.97. The van der Waals surface area contributed by atoms with E-state index in [2.05, 4.69) is 10.4 Å². The van der Waals surface area contributed by atoms with Crippen LogP contribution in [0.5, 0.6) is 0 Å². The van der Waals surface area contributed by atoms with Crippen LogP contribution in [-0.4, -0.2) is 48.3 Å². The third-order valence-electron chi connectivity index (χ3n) is 4.30. The lowest BCUT2D eigenvalue weighted by molar-refractivity contribution is -0.141. The zero-order valence-electron chi connectivity index (χ0n) is 13.1. The summed E-state index contributed by atoms with van der Waals surface area (Å²) in [6, 6.07) is 0.131. The summed E-state index contributed by atoms with van der Waals surface area (Å²) in [6.45, 7) is 4.31. The zero-order chi connectivity index (χ0) is 15.4. The molecule has 0 spiro atoms. The summed E-state index contributed by atoms with van der Waals surface area (Å²) in [4.78, 5) is 19.0. The number of thiazole rings is 1. The van der Waals surface area contributed by atoms with E-state index in [0.29, 0.717) is 6.61 Å². The number of aromatic nitrogens is 1. The van der Waals surface area contributed by atoms with Crippen LogP contribution < -0.4 is 0 Å². The third kappa shape index (κ3) is 3.86. The predicted molar refractivity (Wildman–Crippen MR) is 84.9 cm³/mol. The maximum atomic E-state index is 12.5. The van der Waals surface area contributed by atoms with Crippen molar-refractivity contribution in [3.63, 3.8) is 0 Å². The number of aryl methyl sites for hydroxylation is 1. The molecule has 2 aliphatic heterocycles. The van der Waals surface area contributed by atoms with Crippen molar-refractivity contribution in [3.05, 3.63) is 16.1 Å². The van der Waals surface area contributed by atoms with Crippen LogP contribution in [0.2, 0.25) is 0 Å². The van der Waals surface area contributed by atoms with Crippen LogP contribution in [0.25, 0.3) is 0 Å². The van der Waals surface area contributed by atoms with E-state index in [0.717, 1.165) is 56.0 Å². The molecule has 6 heteroatoms. The number of amides is 1. The van der Waals surface area contributed by atoms with Crippen molar-refractivity contribution in [2.45, 2.75) is 51.2 Å². The first-order valence-electron chi connectivity index (χ1n) is 8.15. The fraction of sp³-hybridized carbons (Fsp3) is 0.750. The highest BCUT2D eigenvalue weighted by atomic mass is 32.1. The van der Waals surface area contributed by atoms with E-state index in [1.54, 1.807) is 11.3 Å². The summed E-state index contributed by atoms with van der Waals surface area (Å²) in [5.41, 5.74) is 1.03. The lowest BCUT2D eigenvalue weighted by Gasteiger charge is -2.34. The molecule has 0 radical (unpaired) electrons. The van der Waals surface area contributed by atoms with Gasteiger partial charge in [0, 0.05) is 24.2 Å². The van der Waals surface area contributed by atoms with Crippen molar-refractivity contribution in [3.8, 4) is 0 Å². The standard InChI is InChI=1S/C16H24N2O3S/c1-12-11-22-16(17-12)14-6-2-3-7-18(14)15(19)10-20-9-13-5-4-8-21-13/h11,13-14H,2-10H2,1H3. The summed E-state index contributed by atoms with van der Waals surface area (Å²) < 4.78 is 11.1. The van der Waals surface area contributed by atoms with E-state index >= 15 is 0 Å². The normalized spacial score (nSPS) is 25.6. The molecule has 3 rings (SSSR count). The maximum Gasteiger partial charge on any atom is 0.249 e. The summed E-state index contributed by atoms with van der Waals surface area (Å²) in [6.07, 6.45) is 5.54. The summed E-state index contributed by atoms with van der Waals surface area (Å²) in [7, 11) is 0. The highest BCUT2D eigenvalue weighted by molar-refractivity contribution is 7.09. The maximum absolute atomic E-state index is 12.5. The first kappa shape index (κ1) is 15.9. The summed E-state index contributed by atoms with van der Waals surface area (Å²) in [5.74, 6) is 0.0792. The van der Waals surface area contributed by atoms with Gasteiger partial charge in [-0.2, -0.15) is 0 Å².